The number of nitrogens with zero attached hydrogens (tertiary/aromatic N) is 1. The third-order valence-electron chi connectivity index (χ3n) is 4.63. The summed E-state index contributed by atoms with van der Waals surface area (Å²) in [6.45, 7) is 3.92. The molecular weight excluding hydrogens is 454 g/mol. The van der Waals surface area contributed by atoms with Crippen molar-refractivity contribution in [1.29, 1.82) is 0 Å². The Balaban J connectivity index is 0.00000300. The molecule has 0 radical (unpaired) electrons. The summed E-state index contributed by atoms with van der Waals surface area (Å²) in [5, 5.41) is 1.51. The zero-order chi connectivity index (χ0) is 19.8. The quantitative estimate of drug-likeness (QED) is 0.307. The van der Waals surface area contributed by atoms with Crippen molar-refractivity contribution in [1.82, 2.24) is 9.71 Å². The number of aryl methyl sites for hydroxylation is 1. The van der Waals surface area contributed by atoms with Crippen molar-refractivity contribution >= 4 is 20.8 Å². The number of benzene rings is 2. The normalized spacial score (nSPS) is 11.3. The molecule has 8 heteroatoms. The molecule has 0 bridgehead atoms. The van der Waals surface area contributed by atoms with Gasteiger partial charge in [-0.15, -0.1) is 0 Å². The standard InChI is InChI=1S/C21H27N3O3S.BrH/c1-2-3-6-16-27-20-10-11-21(19-9-5-4-8-18(19)20)28(25,26)23-12-7-14-24-15-13-22-17-24;/h4-5,8-11,13,15,17,23H,2-3,6-7,12,14,16H2,1H3;1H. The molecule has 0 fully saturated rings. The van der Waals surface area contributed by atoms with Gasteiger partial charge in [0.15, 0.2) is 0 Å². The highest BCUT2D eigenvalue weighted by Gasteiger charge is 2.18. The molecule has 2 aromatic carbocycles. The summed E-state index contributed by atoms with van der Waals surface area (Å²) >= 11 is 0. The minimum absolute atomic E-state index is 0. The van der Waals surface area contributed by atoms with Crippen molar-refractivity contribution in [3.05, 3.63) is 55.1 Å². The van der Waals surface area contributed by atoms with E-state index in [1.54, 1.807) is 12.1 Å². The van der Waals surface area contributed by atoms with Crippen LogP contribution in [0.5, 0.6) is 5.75 Å². The van der Waals surface area contributed by atoms with E-state index >= 15 is 0 Å². The third-order valence-corrected chi connectivity index (χ3v) is 6.15. The molecule has 3 rings (SSSR count). The van der Waals surface area contributed by atoms with E-state index in [9.17, 15) is 8.42 Å². The number of nitrogens with one attached hydrogen (secondary N) is 2. The number of H-pyrrole nitrogens is 1. The lowest BCUT2D eigenvalue weighted by Crippen LogP contribution is -3.00. The van der Waals surface area contributed by atoms with Gasteiger partial charge in [-0.2, -0.15) is 0 Å². The van der Waals surface area contributed by atoms with Crippen molar-refractivity contribution in [3.8, 4) is 5.75 Å². The highest BCUT2D eigenvalue weighted by molar-refractivity contribution is 7.89. The average molecular weight is 482 g/mol. The van der Waals surface area contributed by atoms with E-state index in [-0.39, 0.29) is 17.0 Å². The number of hydrogen-bond donors (Lipinski definition) is 2. The first-order chi connectivity index (χ1) is 13.6. The monoisotopic (exact) mass is 481 g/mol. The maximum Gasteiger partial charge on any atom is 0.241 e. The Hall–Kier alpha value is -1.90. The van der Waals surface area contributed by atoms with Crippen LogP contribution < -0.4 is 31.0 Å². The van der Waals surface area contributed by atoms with Crippen molar-refractivity contribution in [3.63, 3.8) is 0 Å². The number of halogens is 1. The SMILES string of the molecule is CCCCCOc1ccc(S(=O)(=O)NCCC[n+]2cc[nH]c2)c2ccccc12.[Br-]. The number of aromatic nitrogens is 2. The molecule has 0 spiro atoms. The van der Waals surface area contributed by atoms with E-state index in [0.717, 1.165) is 36.9 Å². The summed E-state index contributed by atoms with van der Waals surface area (Å²) in [6, 6.07) is 10.9. The summed E-state index contributed by atoms with van der Waals surface area (Å²) in [7, 11) is -3.60. The Morgan fingerprint density at radius 3 is 2.59 bits per heavy atom. The van der Waals surface area contributed by atoms with Gasteiger partial charge in [0.2, 0.25) is 16.4 Å². The van der Waals surface area contributed by atoms with E-state index in [2.05, 4.69) is 16.6 Å². The number of rotatable bonds is 11. The summed E-state index contributed by atoms with van der Waals surface area (Å²) in [5.41, 5.74) is 0. The lowest BCUT2D eigenvalue weighted by atomic mass is 10.1. The molecule has 0 unspecified atom stereocenters. The minimum atomic E-state index is -3.60. The molecule has 0 aliphatic rings. The predicted octanol–water partition coefficient (Wildman–Crippen LogP) is 0.397. The van der Waals surface area contributed by atoms with E-state index in [1.165, 1.54) is 0 Å². The smallest absolute Gasteiger partial charge is 0.241 e. The largest absolute Gasteiger partial charge is 1.00 e. The van der Waals surface area contributed by atoms with Crippen LogP contribution in [0.25, 0.3) is 10.8 Å². The molecule has 2 N–H and O–H groups in total. The molecule has 1 aromatic heterocycles. The Bertz CT molecular complexity index is 992. The second-order valence-corrected chi connectivity index (χ2v) is 8.50. The molecule has 0 atom stereocenters. The van der Waals surface area contributed by atoms with E-state index in [4.69, 9.17) is 4.74 Å². The van der Waals surface area contributed by atoms with Crippen LogP contribution in [0.3, 0.4) is 0 Å². The van der Waals surface area contributed by atoms with Crippen LogP contribution in [0.2, 0.25) is 0 Å². The second kappa shape index (κ2) is 11.3. The zero-order valence-corrected chi connectivity index (χ0v) is 19.0. The molecule has 0 amide bonds. The Morgan fingerprint density at radius 2 is 1.86 bits per heavy atom. The molecule has 0 saturated heterocycles. The molecular formula is C21H28BrN3O3S. The van der Waals surface area contributed by atoms with Crippen molar-refractivity contribution in [2.24, 2.45) is 0 Å². The number of ether oxygens (including phenoxy) is 1. The number of sulfonamides is 1. The number of unbranched alkanes of at least 4 members (excludes halogenated alkanes) is 2. The van der Waals surface area contributed by atoms with Crippen molar-refractivity contribution < 1.29 is 34.7 Å². The Morgan fingerprint density at radius 1 is 1.07 bits per heavy atom. The number of imidazole rings is 1. The van der Waals surface area contributed by atoms with Gasteiger partial charge < -0.3 is 21.7 Å². The van der Waals surface area contributed by atoms with Gasteiger partial charge in [-0.3, -0.25) is 4.98 Å². The molecule has 0 aliphatic heterocycles. The van der Waals surface area contributed by atoms with Crippen LogP contribution in [0.4, 0.5) is 0 Å². The zero-order valence-electron chi connectivity index (χ0n) is 16.6. The molecule has 0 aliphatic carbocycles. The van der Waals surface area contributed by atoms with Crippen molar-refractivity contribution in [2.75, 3.05) is 13.2 Å². The number of aromatic amines is 1. The molecule has 158 valence electrons. The van der Waals surface area contributed by atoms with Crippen LogP contribution in [-0.2, 0) is 16.6 Å². The molecule has 1 heterocycles. The fraction of sp³-hybridized carbons (Fsp3) is 0.381. The Labute approximate surface area is 183 Å². The minimum Gasteiger partial charge on any atom is -1.00 e. The fourth-order valence-electron chi connectivity index (χ4n) is 3.14. The predicted molar refractivity (Wildman–Crippen MR) is 110 cm³/mol. The second-order valence-electron chi connectivity index (χ2n) is 6.76. The van der Waals surface area contributed by atoms with Crippen LogP contribution in [0.15, 0.2) is 60.0 Å². The van der Waals surface area contributed by atoms with Crippen LogP contribution in [-0.4, -0.2) is 26.6 Å². The molecule has 29 heavy (non-hydrogen) atoms. The fourth-order valence-corrected chi connectivity index (χ4v) is 4.43. The van der Waals surface area contributed by atoms with Gasteiger partial charge in [-0.05, 0) is 25.0 Å². The maximum atomic E-state index is 12.9. The van der Waals surface area contributed by atoms with Crippen molar-refractivity contribution in [2.45, 2.75) is 44.0 Å². The van der Waals surface area contributed by atoms with Gasteiger partial charge in [0.05, 0.1) is 18.0 Å². The maximum absolute atomic E-state index is 12.9. The van der Waals surface area contributed by atoms with E-state index < -0.39 is 10.0 Å². The highest BCUT2D eigenvalue weighted by Crippen LogP contribution is 2.31. The summed E-state index contributed by atoms with van der Waals surface area (Å²) in [4.78, 5) is 3.26. The van der Waals surface area contributed by atoms with Crippen LogP contribution >= 0.6 is 0 Å². The molecule has 3 aromatic rings. The summed E-state index contributed by atoms with van der Waals surface area (Å²) in [5.74, 6) is 0.731. The number of fused-ring (bicyclic) bond motifs is 1. The van der Waals surface area contributed by atoms with Crippen LogP contribution in [0.1, 0.15) is 32.6 Å². The highest BCUT2D eigenvalue weighted by atomic mass is 79.9. The lowest BCUT2D eigenvalue weighted by Gasteiger charge is -2.13. The van der Waals surface area contributed by atoms with Gasteiger partial charge >= 0.3 is 0 Å². The van der Waals surface area contributed by atoms with Gasteiger partial charge in [-0.25, -0.2) is 17.7 Å². The van der Waals surface area contributed by atoms with Gasteiger partial charge in [0.25, 0.3) is 0 Å². The van der Waals surface area contributed by atoms with E-state index in [1.807, 2.05) is 47.6 Å². The topological polar surface area (TPSA) is 75.1 Å². The van der Waals surface area contributed by atoms with Crippen LogP contribution in [0, 0.1) is 0 Å². The summed E-state index contributed by atoms with van der Waals surface area (Å²) in [6.07, 6.45) is 9.56. The average Bonchev–Trinajstić information content (AvgIpc) is 3.22. The first-order valence-electron chi connectivity index (χ1n) is 9.78. The van der Waals surface area contributed by atoms with Gasteiger partial charge in [0, 0.05) is 17.3 Å². The third kappa shape index (κ3) is 6.29. The lowest BCUT2D eigenvalue weighted by molar-refractivity contribution is -0.695. The van der Waals surface area contributed by atoms with Gasteiger partial charge in [-0.1, -0.05) is 44.0 Å². The van der Waals surface area contributed by atoms with E-state index in [0.29, 0.717) is 29.9 Å². The first-order valence-corrected chi connectivity index (χ1v) is 11.3. The van der Waals surface area contributed by atoms with Gasteiger partial charge in [0.1, 0.15) is 18.1 Å². The first kappa shape index (κ1) is 23.4. The molecule has 6 nitrogen and oxygen atoms in total. The molecule has 0 saturated carbocycles. The Kier molecular flexibility index (Phi) is 9.13. The summed E-state index contributed by atoms with van der Waals surface area (Å²) < 4.78 is 36.3. The number of hydrogen-bond acceptors (Lipinski definition) is 3.